The van der Waals surface area contributed by atoms with Gasteiger partial charge in [0, 0.05) is 26.4 Å². The second kappa shape index (κ2) is 11.7. The molecule has 156 valence electrons. The molecule has 2 rings (SSSR count). The molecule has 0 atom stereocenters. The first kappa shape index (κ1) is 22.3. The third kappa shape index (κ3) is 6.51. The standard InChI is InChI=1S/C22H26O7/c1-5-27-17-9-6-16(7-10-17)8-11-19(23)22-20(26-4)12-18(28-14-24-2)13-21(22)29-15-25-3/h6-13H,5,14-15H2,1-4H3/b11-8+. The Kier molecular flexibility index (Phi) is 9.01. The van der Waals surface area contributed by atoms with Gasteiger partial charge < -0.3 is 28.4 Å². The lowest BCUT2D eigenvalue weighted by molar-refractivity contribution is 0.0453. The van der Waals surface area contributed by atoms with Gasteiger partial charge in [0.15, 0.2) is 19.4 Å². The Morgan fingerprint density at radius 1 is 0.862 bits per heavy atom. The van der Waals surface area contributed by atoms with Gasteiger partial charge in [-0.1, -0.05) is 18.2 Å². The van der Waals surface area contributed by atoms with E-state index in [4.69, 9.17) is 28.4 Å². The number of carbonyl (C=O) groups is 1. The smallest absolute Gasteiger partial charge is 0.193 e. The lowest BCUT2D eigenvalue weighted by atomic mass is 10.1. The summed E-state index contributed by atoms with van der Waals surface area (Å²) >= 11 is 0. The zero-order valence-electron chi connectivity index (χ0n) is 17.1. The third-order valence-electron chi connectivity index (χ3n) is 3.80. The van der Waals surface area contributed by atoms with Crippen LogP contribution in [-0.2, 0) is 9.47 Å². The zero-order valence-corrected chi connectivity index (χ0v) is 17.1. The molecule has 0 bridgehead atoms. The average molecular weight is 402 g/mol. The molecule has 0 spiro atoms. The van der Waals surface area contributed by atoms with E-state index in [2.05, 4.69) is 0 Å². The number of hydrogen-bond acceptors (Lipinski definition) is 7. The molecule has 0 aliphatic carbocycles. The summed E-state index contributed by atoms with van der Waals surface area (Å²) in [7, 11) is 4.49. The highest BCUT2D eigenvalue weighted by Gasteiger charge is 2.19. The predicted octanol–water partition coefficient (Wildman–Crippen LogP) is 3.96. The van der Waals surface area contributed by atoms with Gasteiger partial charge in [0.1, 0.15) is 28.6 Å². The highest BCUT2D eigenvalue weighted by atomic mass is 16.7. The van der Waals surface area contributed by atoms with Crippen molar-refractivity contribution in [1.82, 2.24) is 0 Å². The first-order chi connectivity index (χ1) is 14.1. The molecule has 0 N–H and O–H groups in total. The van der Waals surface area contributed by atoms with Crippen LogP contribution in [0.1, 0.15) is 22.8 Å². The van der Waals surface area contributed by atoms with Crippen LogP contribution in [0.2, 0.25) is 0 Å². The molecule has 0 amide bonds. The highest BCUT2D eigenvalue weighted by Crippen LogP contribution is 2.35. The fourth-order valence-corrected chi connectivity index (χ4v) is 2.51. The fourth-order valence-electron chi connectivity index (χ4n) is 2.51. The molecule has 2 aromatic carbocycles. The summed E-state index contributed by atoms with van der Waals surface area (Å²) in [4.78, 5) is 12.9. The molecule has 7 heteroatoms. The van der Waals surface area contributed by atoms with E-state index in [0.29, 0.717) is 23.9 Å². The van der Waals surface area contributed by atoms with Crippen LogP contribution < -0.4 is 18.9 Å². The van der Waals surface area contributed by atoms with Crippen molar-refractivity contribution in [3.8, 4) is 23.0 Å². The Hall–Kier alpha value is -3.03. The summed E-state index contributed by atoms with van der Waals surface area (Å²) in [5.41, 5.74) is 1.14. The van der Waals surface area contributed by atoms with Crippen molar-refractivity contribution < 1.29 is 33.2 Å². The number of carbonyl (C=O) groups excluding carboxylic acids is 1. The predicted molar refractivity (Wildman–Crippen MR) is 109 cm³/mol. The van der Waals surface area contributed by atoms with E-state index in [9.17, 15) is 4.79 Å². The number of hydrogen-bond donors (Lipinski definition) is 0. The number of ketones is 1. The van der Waals surface area contributed by atoms with E-state index >= 15 is 0 Å². The number of benzene rings is 2. The zero-order chi connectivity index (χ0) is 21.1. The SMILES string of the molecule is CCOc1ccc(/C=C/C(=O)c2c(OC)cc(OCOC)cc2OCOC)cc1. The number of allylic oxidation sites excluding steroid dienone is 1. The van der Waals surface area contributed by atoms with Gasteiger partial charge in [-0.2, -0.15) is 0 Å². The Labute approximate surface area is 170 Å². The minimum absolute atomic E-state index is 0.0280. The Morgan fingerprint density at radius 3 is 2.14 bits per heavy atom. The molecule has 0 aliphatic rings. The molecular weight excluding hydrogens is 376 g/mol. The van der Waals surface area contributed by atoms with Gasteiger partial charge in [-0.15, -0.1) is 0 Å². The lowest BCUT2D eigenvalue weighted by Crippen LogP contribution is -2.08. The second-order valence-corrected chi connectivity index (χ2v) is 5.80. The molecule has 7 nitrogen and oxygen atoms in total. The number of rotatable bonds is 12. The van der Waals surface area contributed by atoms with E-state index < -0.39 is 0 Å². The molecule has 0 saturated carbocycles. The minimum atomic E-state index is -0.278. The lowest BCUT2D eigenvalue weighted by Gasteiger charge is -2.15. The molecule has 0 saturated heterocycles. The van der Waals surface area contributed by atoms with Gasteiger partial charge in [0.05, 0.1) is 13.7 Å². The van der Waals surface area contributed by atoms with Crippen LogP contribution in [0, 0.1) is 0 Å². The largest absolute Gasteiger partial charge is 0.496 e. The van der Waals surface area contributed by atoms with Crippen molar-refractivity contribution in [3.05, 3.63) is 53.6 Å². The minimum Gasteiger partial charge on any atom is -0.496 e. The van der Waals surface area contributed by atoms with Crippen LogP contribution in [-0.4, -0.2) is 47.3 Å². The maximum absolute atomic E-state index is 12.9. The highest BCUT2D eigenvalue weighted by molar-refractivity contribution is 6.10. The summed E-state index contributed by atoms with van der Waals surface area (Å²) in [6, 6.07) is 10.6. The van der Waals surface area contributed by atoms with E-state index in [1.54, 1.807) is 18.2 Å². The van der Waals surface area contributed by atoms with E-state index in [0.717, 1.165) is 11.3 Å². The Bertz CT molecular complexity index is 813. The third-order valence-corrected chi connectivity index (χ3v) is 3.80. The van der Waals surface area contributed by atoms with Gasteiger partial charge in [0.2, 0.25) is 0 Å². The summed E-state index contributed by atoms with van der Waals surface area (Å²) in [5, 5.41) is 0. The number of methoxy groups -OCH3 is 3. The van der Waals surface area contributed by atoms with Gasteiger partial charge in [-0.3, -0.25) is 4.79 Å². The molecule has 2 aromatic rings. The van der Waals surface area contributed by atoms with Crippen LogP contribution in [0.25, 0.3) is 6.08 Å². The van der Waals surface area contributed by atoms with Crippen LogP contribution in [0.3, 0.4) is 0 Å². The van der Waals surface area contributed by atoms with Crippen LogP contribution in [0.15, 0.2) is 42.5 Å². The summed E-state index contributed by atoms with van der Waals surface area (Å²) in [6.07, 6.45) is 3.18. The molecule has 0 heterocycles. The molecule has 29 heavy (non-hydrogen) atoms. The Balaban J connectivity index is 2.30. The molecule has 0 aliphatic heterocycles. The van der Waals surface area contributed by atoms with Crippen LogP contribution in [0.5, 0.6) is 23.0 Å². The molecule has 0 aromatic heterocycles. The molecular formula is C22H26O7. The average Bonchev–Trinajstić information content (AvgIpc) is 2.75. The summed E-state index contributed by atoms with van der Waals surface area (Å²) < 4.78 is 31.7. The van der Waals surface area contributed by atoms with Crippen LogP contribution in [0.4, 0.5) is 0 Å². The maximum atomic E-state index is 12.9. The summed E-state index contributed by atoms with van der Waals surface area (Å²) in [5.74, 6) is 1.56. The van der Waals surface area contributed by atoms with Crippen molar-refractivity contribution in [2.75, 3.05) is 41.5 Å². The molecule has 0 radical (unpaired) electrons. The van der Waals surface area contributed by atoms with Gasteiger partial charge in [-0.05, 0) is 30.7 Å². The first-order valence-corrected chi connectivity index (χ1v) is 9.03. The monoisotopic (exact) mass is 402 g/mol. The van der Waals surface area contributed by atoms with Crippen molar-refractivity contribution >= 4 is 11.9 Å². The van der Waals surface area contributed by atoms with Crippen LogP contribution >= 0.6 is 0 Å². The van der Waals surface area contributed by atoms with Gasteiger partial charge in [-0.25, -0.2) is 0 Å². The van der Waals surface area contributed by atoms with Crippen molar-refractivity contribution in [3.63, 3.8) is 0 Å². The fraction of sp³-hybridized carbons (Fsp3) is 0.318. The second-order valence-electron chi connectivity index (χ2n) is 5.80. The van der Waals surface area contributed by atoms with E-state index in [-0.39, 0.29) is 24.9 Å². The van der Waals surface area contributed by atoms with Gasteiger partial charge >= 0.3 is 0 Å². The Morgan fingerprint density at radius 2 is 1.52 bits per heavy atom. The molecule has 0 unspecified atom stereocenters. The van der Waals surface area contributed by atoms with Gasteiger partial charge in [0.25, 0.3) is 0 Å². The van der Waals surface area contributed by atoms with E-state index in [1.165, 1.54) is 27.4 Å². The summed E-state index contributed by atoms with van der Waals surface area (Å²) in [6.45, 7) is 2.55. The normalized spacial score (nSPS) is 10.8. The topological polar surface area (TPSA) is 72.5 Å². The first-order valence-electron chi connectivity index (χ1n) is 9.03. The van der Waals surface area contributed by atoms with Crippen molar-refractivity contribution in [2.24, 2.45) is 0 Å². The maximum Gasteiger partial charge on any atom is 0.193 e. The number of ether oxygens (including phenoxy) is 6. The van der Waals surface area contributed by atoms with E-state index in [1.807, 2.05) is 31.2 Å². The van der Waals surface area contributed by atoms with Crippen molar-refractivity contribution in [1.29, 1.82) is 0 Å². The van der Waals surface area contributed by atoms with Crippen molar-refractivity contribution in [2.45, 2.75) is 6.92 Å². The quantitative estimate of drug-likeness (QED) is 0.302. The molecule has 0 fully saturated rings.